The first-order valence-electron chi connectivity index (χ1n) is 16.5. The third-order valence-electron chi connectivity index (χ3n) is 9.92. The molecule has 0 spiro atoms. The van der Waals surface area contributed by atoms with E-state index in [9.17, 15) is 0 Å². The average molecular weight is 611 g/mol. The van der Waals surface area contributed by atoms with Gasteiger partial charge in [-0.15, -0.1) is 0 Å². The third kappa shape index (κ3) is 4.06. The Hall–Kier alpha value is -6.38. The van der Waals surface area contributed by atoms with Gasteiger partial charge in [0, 0.05) is 32.9 Å². The zero-order valence-electron chi connectivity index (χ0n) is 26.2. The largest absolute Gasteiger partial charge is 0.309 e. The summed E-state index contributed by atoms with van der Waals surface area (Å²) < 4.78 is 4.79. The topological polar surface area (TPSA) is 9.86 Å². The van der Waals surface area contributed by atoms with Gasteiger partial charge in [0.15, 0.2) is 0 Å². The number of hydrogen-bond donors (Lipinski definition) is 0. The molecule has 0 aliphatic rings. The van der Waals surface area contributed by atoms with Gasteiger partial charge in [-0.05, 0) is 87.6 Å². The SMILES string of the molecule is c1ccc(-n2c3ccccc3c3ccc(-c4ccc5c(c4)c4ccccc4n5-c4ccc(-c5cccc6ccccc56)cc4)cc32)cc1. The molecule has 2 heterocycles. The van der Waals surface area contributed by atoms with Crippen LogP contribution in [0.3, 0.4) is 0 Å². The van der Waals surface area contributed by atoms with E-state index in [2.05, 4.69) is 191 Å². The molecule has 0 unspecified atom stereocenters. The molecule has 0 N–H and O–H groups in total. The summed E-state index contributed by atoms with van der Waals surface area (Å²) in [6.45, 7) is 0. The van der Waals surface area contributed by atoms with E-state index in [1.807, 2.05) is 0 Å². The molecule has 2 nitrogen and oxygen atoms in total. The number of hydrogen-bond acceptors (Lipinski definition) is 0. The van der Waals surface area contributed by atoms with Crippen molar-refractivity contribution in [3.8, 4) is 33.6 Å². The number of rotatable bonds is 4. The van der Waals surface area contributed by atoms with Crippen molar-refractivity contribution < 1.29 is 0 Å². The Balaban J connectivity index is 1.12. The van der Waals surface area contributed by atoms with Crippen LogP contribution in [0, 0.1) is 0 Å². The van der Waals surface area contributed by atoms with Crippen LogP contribution in [-0.4, -0.2) is 9.13 Å². The molecular weight excluding hydrogens is 581 g/mol. The minimum Gasteiger partial charge on any atom is -0.309 e. The van der Waals surface area contributed by atoms with Gasteiger partial charge in [-0.1, -0.05) is 127 Å². The Morgan fingerprint density at radius 3 is 1.58 bits per heavy atom. The summed E-state index contributed by atoms with van der Waals surface area (Å²) in [5, 5.41) is 7.59. The summed E-state index contributed by atoms with van der Waals surface area (Å²) in [4.78, 5) is 0. The predicted molar refractivity (Wildman–Crippen MR) is 203 cm³/mol. The zero-order chi connectivity index (χ0) is 31.6. The molecule has 0 aliphatic carbocycles. The normalized spacial score (nSPS) is 11.8. The lowest BCUT2D eigenvalue weighted by Crippen LogP contribution is -1.94. The lowest BCUT2D eigenvalue weighted by atomic mass is 9.98. The maximum atomic E-state index is 2.40. The van der Waals surface area contributed by atoms with E-state index in [1.54, 1.807) is 0 Å². The highest BCUT2D eigenvalue weighted by molar-refractivity contribution is 6.12. The fourth-order valence-electron chi connectivity index (χ4n) is 7.70. The molecule has 48 heavy (non-hydrogen) atoms. The van der Waals surface area contributed by atoms with E-state index in [0.29, 0.717) is 0 Å². The van der Waals surface area contributed by atoms with E-state index in [-0.39, 0.29) is 0 Å². The Morgan fingerprint density at radius 2 is 0.792 bits per heavy atom. The van der Waals surface area contributed by atoms with Crippen LogP contribution < -0.4 is 0 Å². The minimum atomic E-state index is 1.16. The number of nitrogens with zero attached hydrogens (tertiary/aromatic N) is 2. The van der Waals surface area contributed by atoms with Crippen molar-refractivity contribution in [2.24, 2.45) is 0 Å². The van der Waals surface area contributed by atoms with Crippen LogP contribution in [-0.2, 0) is 0 Å². The van der Waals surface area contributed by atoms with Crippen LogP contribution in [0.25, 0.3) is 88.0 Å². The molecule has 2 aromatic heterocycles. The molecule has 10 aromatic rings. The van der Waals surface area contributed by atoms with Gasteiger partial charge >= 0.3 is 0 Å². The minimum absolute atomic E-state index is 1.16. The Morgan fingerprint density at radius 1 is 0.271 bits per heavy atom. The van der Waals surface area contributed by atoms with Crippen LogP contribution in [0.2, 0.25) is 0 Å². The second-order valence-electron chi connectivity index (χ2n) is 12.6. The van der Waals surface area contributed by atoms with Crippen LogP contribution in [0.15, 0.2) is 182 Å². The smallest absolute Gasteiger partial charge is 0.0547 e. The summed E-state index contributed by atoms with van der Waals surface area (Å²) >= 11 is 0. The standard InChI is InChI=1S/C46H30N2/c1-2-13-35(14-3-1)48-43-19-8-6-16-39(43)41-27-23-34(30-46(41)48)33-24-28-45-42(29-33)40-17-7-9-20-44(40)47(45)36-25-21-32(22-26-36)38-18-10-12-31-11-4-5-15-37(31)38/h1-30H. The fourth-order valence-corrected chi connectivity index (χ4v) is 7.70. The molecule has 0 radical (unpaired) electrons. The van der Waals surface area contributed by atoms with E-state index in [1.165, 1.54) is 82.3 Å². The summed E-state index contributed by atoms with van der Waals surface area (Å²) in [5.41, 5.74) is 12.1. The molecule has 0 atom stereocenters. The molecule has 0 bridgehead atoms. The summed E-state index contributed by atoms with van der Waals surface area (Å²) in [5.74, 6) is 0. The Kier molecular flexibility index (Phi) is 5.91. The van der Waals surface area contributed by atoms with Crippen LogP contribution in [0.4, 0.5) is 0 Å². The summed E-state index contributed by atoms with van der Waals surface area (Å²) in [6.07, 6.45) is 0. The maximum Gasteiger partial charge on any atom is 0.0547 e. The quantitative estimate of drug-likeness (QED) is 0.188. The second-order valence-corrected chi connectivity index (χ2v) is 12.6. The van der Waals surface area contributed by atoms with Crippen LogP contribution in [0.1, 0.15) is 0 Å². The van der Waals surface area contributed by atoms with Crippen LogP contribution in [0.5, 0.6) is 0 Å². The number of aromatic nitrogens is 2. The number of benzene rings is 8. The third-order valence-corrected chi connectivity index (χ3v) is 9.92. The first-order valence-corrected chi connectivity index (χ1v) is 16.5. The van der Waals surface area contributed by atoms with E-state index < -0.39 is 0 Å². The fraction of sp³-hybridized carbons (Fsp3) is 0. The van der Waals surface area contributed by atoms with E-state index >= 15 is 0 Å². The van der Waals surface area contributed by atoms with Gasteiger partial charge in [-0.25, -0.2) is 0 Å². The number of para-hydroxylation sites is 3. The highest BCUT2D eigenvalue weighted by atomic mass is 15.0. The van der Waals surface area contributed by atoms with Gasteiger partial charge in [-0.3, -0.25) is 0 Å². The molecule has 2 heteroatoms. The molecule has 224 valence electrons. The van der Waals surface area contributed by atoms with Crippen molar-refractivity contribution in [2.45, 2.75) is 0 Å². The van der Waals surface area contributed by atoms with Gasteiger partial charge in [0.05, 0.1) is 22.1 Å². The van der Waals surface area contributed by atoms with Crippen molar-refractivity contribution in [1.82, 2.24) is 9.13 Å². The lowest BCUT2D eigenvalue weighted by molar-refractivity contribution is 1.18. The van der Waals surface area contributed by atoms with Gasteiger partial charge in [-0.2, -0.15) is 0 Å². The van der Waals surface area contributed by atoms with Crippen molar-refractivity contribution >= 4 is 54.4 Å². The van der Waals surface area contributed by atoms with E-state index in [4.69, 9.17) is 0 Å². The van der Waals surface area contributed by atoms with Crippen molar-refractivity contribution in [3.05, 3.63) is 182 Å². The first-order chi connectivity index (χ1) is 23.8. The Labute approximate surface area is 278 Å². The van der Waals surface area contributed by atoms with Gasteiger partial charge < -0.3 is 9.13 Å². The lowest BCUT2D eigenvalue weighted by Gasteiger charge is -2.11. The van der Waals surface area contributed by atoms with Crippen molar-refractivity contribution in [2.75, 3.05) is 0 Å². The van der Waals surface area contributed by atoms with Gasteiger partial charge in [0.1, 0.15) is 0 Å². The first kappa shape index (κ1) is 26.8. The Bertz CT molecular complexity index is 2810. The maximum absolute atomic E-state index is 2.40. The van der Waals surface area contributed by atoms with Gasteiger partial charge in [0.25, 0.3) is 0 Å². The monoisotopic (exact) mass is 610 g/mol. The second kappa shape index (κ2) is 10.6. The molecule has 8 aromatic carbocycles. The highest BCUT2D eigenvalue weighted by Crippen LogP contribution is 2.38. The number of fused-ring (bicyclic) bond motifs is 7. The average Bonchev–Trinajstić information content (AvgIpc) is 3.67. The van der Waals surface area contributed by atoms with Gasteiger partial charge in [0.2, 0.25) is 0 Å². The van der Waals surface area contributed by atoms with E-state index in [0.717, 1.165) is 5.69 Å². The van der Waals surface area contributed by atoms with Crippen molar-refractivity contribution in [1.29, 1.82) is 0 Å². The molecule has 10 rings (SSSR count). The van der Waals surface area contributed by atoms with Crippen LogP contribution >= 0.6 is 0 Å². The molecule has 0 amide bonds. The molecular formula is C46H30N2. The summed E-state index contributed by atoms with van der Waals surface area (Å²) in [6, 6.07) is 66.2. The zero-order valence-corrected chi connectivity index (χ0v) is 26.2. The predicted octanol–water partition coefficient (Wildman–Crippen LogP) is 12.4. The molecule has 0 fully saturated rings. The summed E-state index contributed by atoms with van der Waals surface area (Å²) in [7, 11) is 0. The molecule has 0 saturated carbocycles. The molecule has 0 saturated heterocycles. The van der Waals surface area contributed by atoms with Crippen molar-refractivity contribution in [3.63, 3.8) is 0 Å². The highest BCUT2D eigenvalue weighted by Gasteiger charge is 2.16. The molecule has 0 aliphatic heterocycles.